The van der Waals surface area contributed by atoms with Crippen LogP contribution in [-0.4, -0.2) is 44.7 Å². The molecule has 148 valence electrons. The van der Waals surface area contributed by atoms with Crippen LogP contribution < -0.4 is 0 Å². The Kier molecular flexibility index (Phi) is 5.38. The average molecular weight is 385 g/mol. The molecule has 28 heavy (non-hydrogen) atoms. The lowest BCUT2D eigenvalue weighted by Crippen LogP contribution is -2.23. The number of hydrogen-bond acceptors (Lipinski definition) is 4. The Labute approximate surface area is 162 Å². The highest BCUT2D eigenvalue weighted by atomic mass is 19.1. The van der Waals surface area contributed by atoms with Crippen molar-refractivity contribution in [3.05, 3.63) is 58.7 Å². The van der Waals surface area contributed by atoms with Crippen molar-refractivity contribution in [2.45, 2.75) is 25.9 Å². The van der Waals surface area contributed by atoms with E-state index in [9.17, 15) is 19.4 Å². The number of carbonyl (C=O) groups is 1. The van der Waals surface area contributed by atoms with Gasteiger partial charge in [0, 0.05) is 37.8 Å². The zero-order valence-electron chi connectivity index (χ0n) is 16.4. The highest BCUT2D eigenvalue weighted by molar-refractivity contribution is 6.01. The van der Waals surface area contributed by atoms with Gasteiger partial charge in [-0.2, -0.15) is 0 Å². The van der Waals surface area contributed by atoms with Gasteiger partial charge in [0.2, 0.25) is 0 Å². The topological polar surface area (TPSA) is 78.6 Å². The van der Waals surface area contributed by atoms with Crippen LogP contribution in [0.4, 0.5) is 4.39 Å². The summed E-state index contributed by atoms with van der Waals surface area (Å²) in [6.07, 6.45) is -0.703. The van der Waals surface area contributed by atoms with Crippen LogP contribution in [0.3, 0.4) is 0 Å². The highest BCUT2D eigenvalue weighted by Gasteiger charge is 2.23. The third-order valence-corrected chi connectivity index (χ3v) is 5.05. The highest BCUT2D eigenvalue weighted by Crippen LogP contribution is 2.34. The number of aliphatic hydroxyl groups excluding tert-OH is 1. The van der Waals surface area contributed by atoms with E-state index in [2.05, 4.69) is 4.98 Å². The molecule has 2 aromatic carbocycles. The van der Waals surface area contributed by atoms with Crippen molar-refractivity contribution in [1.82, 2.24) is 14.5 Å². The van der Waals surface area contributed by atoms with Crippen molar-refractivity contribution in [2.24, 2.45) is 7.05 Å². The van der Waals surface area contributed by atoms with Gasteiger partial charge in [0.15, 0.2) is 0 Å². The van der Waals surface area contributed by atoms with Gasteiger partial charge in [0.25, 0.3) is 5.91 Å². The molecule has 0 saturated heterocycles. The average Bonchev–Trinajstić information content (AvgIpc) is 2.95. The van der Waals surface area contributed by atoms with Gasteiger partial charge in [-0.1, -0.05) is 18.2 Å². The quantitative estimate of drug-likeness (QED) is 0.707. The smallest absolute Gasteiger partial charge is 0.253 e. The number of amides is 1. The molecule has 7 heteroatoms. The number of phenolic OH excluding ortho intramolecular Hbond substituents is 1. The van der Waals surface area contributed by atoms with Crippen LogP contribution in [0, 0.1) is 12.7 Å². The SMILES string of the molecule is Cc1nc2c(O)c(CC[C@@H](O)c3ccccc3F)c(C(=O)N(C)C)cc2n1C. The van der Waals surface area contributed by atoms with Crippen molar-refractivity contribution in [1.29, 1.82) is 0 Å². The van der Waals surface area contributed by atoms with Crippen LogP contribution in [0.5, 0.6) is 5.75 Å². The summed E-state index contributed by atoms with van der Waals surface area (Å²) in [5.41, 5.74) is 2.00. The first-order chi connectivity index (χ1) is 13.2. The van der Waals surface area contributed by atoms with E-state index in [1.54, 1.807) is 36.9 Å². The summed E-state index contributed by atoms with van der Waals surface area (Å²) < 4.78 is 15.7. The van der Waals surface area contributed by atoms with Crippen LogP contribution in [0.2, 0.25) is 0 Å². The number of aryl methyl sites for hydroxylation is 2. The number of aromatic hydroxyl groups is 1. The van der Waals surface area contributed by atoms with Crippen molar-refractivity contribution in [2.75, 3.05) is 14.1 Å². The van der Waals surface area contributed by atoms with Gasteiger partial charge in [-0.3, -0.25) is 4.79 Å². The van der Waals surface area contributed by atoms with E-state index in [4.69, 9.17) is 0 Å². The van der Waals surface area contributed by atoms with Gasteiger partial charge in [-0.25, -0.2) is 9.37 Å². The van der Waals surface area contributed by atoms with Crippen molar-refractivity contribution in [3.63, 3.8) is 0 Å². The van der Waals surface area contributed by atoms with Gasteiger partial charge >= 0.3 is 0 Å². The minimum atomic E-state index is -1.05. The summed E-state index contributed by atoms with van der Waals surface area (Å²) in [7, 11) is 5.09. The minimum absolute atomic E-state index is 0.0767. The standard InChI is InChI=1S/C21H24FN3O3/c1-12-23-19-17(25(12)4)11-15(21(28)24(2)3)13(20(19)27)9-10-18(26)14-7-5-6-8-16(14)22/h5-8,11,18,26-27H,9-10H2,1-4H3/t18-/m1/s1. The fraction of sp³-hybridized carbons (Fsp3) is 0.333. The molecule has 0 spiro atoms. The Hall–Kier alpha value is -2.93. The number of benzene rings is 2. The van der Waals surface area contributed by atoms with E-state index >= 15 is 0 Å². The summed E-state index contributed by atoms with van der Waals surface area (Å²) in [6, 6.07) is 7.74. The molecular weight excluding hydrogens is 361 g/mol. The lowest BCUT2D eigenvalue weighted by atomic mass is 9.95. The molecule has 1 atom stereocenters. The maximum Gasteiger partial charge on any atom is 0.253 e. The second-order valence-electron chi connectivity index (χ2n) is 7.11. The van der Waals surface area contributed by atoms with Crippen molar-refractivity contribution < 1.29 is 19.4 Å². The number of carbonyl (C=O) groups excluding carboxylic acids is 1. The van der Waals surface area contributed by atoms with Crippen LogP contribution in [0.25, 0.3) is 11.0 Å². The Balaban J connectivity index is 2.03. The largest absolute Gasteiger partial charge is 0.505 e. The molecule has 6 nitrogen and oxygen atoms in total. The molecule has 0 saturated carbocycles. The maximum absolute atomic E-state index is 13.9. The molecule has 0 aliphatic rings. The third kappa shape index (κ3) is 3.45. The molecule has 1 aromatic heterocycles. The monoisotopic (exact) mass is 385 g/mol. The molecule has 0 aliphatic heterocycles. The number of rotatable bonds is 5. The maximum atomic E-state index is 13.9. The molecule has 0 bridgehead atoms. The van der Waals surface area contributed by atoms with E-state index in [0.29, 0.717) is 28.0 Å². The number of halogens is 1. The first kappa shape index (κ1) is 19.8. The van der Waals surface area contributed by atoms with E-state index in [1.165, 1.54) is 17.0 Å². The van der Waals surface area contributed by atoms with Crippen LogP contribution >= 0.6 is 0 Å². The minimum Gasteiger partial charge on any atom is -0.505 e. The summed E-state index contributed by atoms with van der Waals surface area (Å²) >= 11 is 0. The fourth-order valence-corrected chi connectivity index (χ4v) is 3.33. The molecule has 2 N–H and O–H groups in total. The Morgan fingerprint density at radius 3 is 2.64 bits per heavy atom. The molecule has 0 aliphatic carbocycles. The lowest BCUT2D eigenvalue weighted by molar-refractivity contribution is 0.0825. The Morgan fingerprint density at radius 2 is 2.00 bits per heavy atom. The number of imidazole rings is 1. The molecule has 1 amide bonds. The Morgan fingerprint density at radius 1 is 1.32 bits per heavy atom. The van der Waals surface area contributed by atoms with Crippen LogP contribution in [0.1, 0.15) is 39.8 Å². The molecule has 0 fully saturated rings. The first-order valence-corrected chi connectivity index (χ1v) is 9.04. The molecule has 0 radical (unpaired) electrons. The zero-order chi connectivity index (χ0) is 20.6. The Bertz CT molecular complexity index is 1040. The van der Waals surface area contributed by atoms with Gasteiger partial charge in [-0.15, -0.1) is 0 Å². The van der Waals surface area contributed by atoms with Crippen molar-refractivity contribution >= 4 is 16.9 Å². The fourth-order valence-electron chi connectivity index (χ4n) is 3.33. The third-order valence-electron chi connectivity index (χ3n) is 5.05. The predicted octanol–water partition coefficient (Wildman–Crippen LogP) is 3.09. The van der Waals surface area contributed by atoms with Crippen molar-refractivity contribution in [3.8, 4) is 5.75 Å². The van der Waals surface area contributed by atoms with Crippen LogP contribution in [0.15, 0.2) is 30.3 Å². The zero-order valence-corrected chi connectivity index (χ0v) is 16.4. The number of fused-ring (bicyclic) bond motifs is 1. The van der Waals surface area contributed by atoms with Gasteiger partial charge in [0.05, 0.1) is 11.6 Å². The summed E-state index contributed by atoms with van der Waals surface area (Å²) in [4.78, 5) is 18.5. The first-order valence-electron chi connectivity index (χ1n) is 9.04. The molecule has 0 unspecified atom stereocenters. The van der Waals surface area contributed by atoms with Gasteiger partial charge < -0.3 is 19.7 Å². The number of aromatic nitrogens is 2. The number of hydrogen-bond donors (Lipinski definition) is 2. The van der Waals surface area contributed by atoms with E-state index in [-0.39, 0.29) is 30.1 Å². The van der Waals surface area contributed by atoms with Crippen LogP contribution in [-0.2, 0) is 13.5 Å². The summed E-state index contributed by atoms with van der Waals surface area (Å²) in [5, 5.41) is 21.3. The number of phenols is 1. The normalized spacial score (nSPS) is 12.4. The van der Waals surface area contributed by atoms with E-state index < -0.39 is 11.9 Å². The second-order valence-corrected chi connectivity index (χ2v) is 7.11. The predicted molar refractivity (Wildman–Crippen MR) is 105 cm³/mol. The van der Waals surface area contributed by atoms with Gasteiger partial charge in [-0.05, 0) is 31.9 Å². The van der Waals surface area contributed by atoms with E-state index in [0.717, 1.165) is 0 Å². The second kappa shape index (κ2) is 7.59. The van der Waals surface area contributed by atoms with E-state index in [1.807, 2.05) is 14.0 Å². The van der Waals surface area contributed by atoms with Gasteiger partial charge in [0.1, 0.15) is 22.9 Å². The molecule has 3 aromatic rings. The molecule has 3 rings (SSSR count). The lowest BCUT2D eigenvalue weighted by Gasteiger charge is -2.18. The molecule has 1 heterocycles. The molecular formula is C21H24FN3O3. The summed E-state index contributed by atoms with van der Waals surface area (Å²) in [6.45, 7) is 1.81. The summed E-state index contributed by atoms with van der Waals surface area (Å²) in [5.74, 6) is -0.115. The number of nitrogens with zero attached hydrogens (tertiary/aromatic N) is 3. The number of aliphatic hydroxyl groups is 1.